The van der Waals surface area contributed by atoms with Crippen molar-refractivity contribution in [3.05, 3.63) is 39.2 Å². The van der Waals surface area contributed by atoms with Gasteiger partial charge in [0.15, 0.2) is 0 Å². The number of hydrogen-bond donors (Lipinski definition) is 3. The molecule has 0 saturated carbocycles. The van der Waals surface area contributed by atoms with Crippen molar-refractivity contribution in [3.8, 4) is 12.3 Å². The van der Waals surface area contributed by atoms with Gasteiger partial charge in [0.25, 0.3) is 0 Å². The van der Waals surface area contributed by atoms with Crippen LogP contribution in [0.5, 0.6) is 0 Å². The summed E-state index contributed by atoms with van der Waals surface area (Å²) in [5.74, 6) is 3.29. The van der Waals surface area contributed by atoms with Crippen molar-refractivity contribution in [2.75, 3.05) is 5.73 Å². The van der Waals surface area contributed by atoms with Gasteiger partial charge in [-0.05, 0) is 25.3 Å². The molecule has 0 bridgehead atoms. The maximum absolute atomic E-state index is 8.39. The van der Waals surface area contributed by atoms with Crippen LogP contribution in [0.15, 0.2) is 16.3 Å². The van der Waals surface area contributed by atoms with Gasteiger partial charge in [0.05, 0.1) is 11.3 Å². The summed E-state index contributed by atoms with van der Waals surface area (Å²) in [6.45, 7) is 1.79. The van der Waals surface area contributed by atoms with Crippen molar-refractivity contribution in [3.63, 3.8) is 0 Å². The maximum atomic E-state index is 8.39. The Balaban J connectivity index is 2.15. The van der Waals surface area contributed by atoms with E-state index < -0.39 is 0 Å². The van der Waals surface area contributed by atoms with Gasteiger partial charge < -0.3 is 16.0 Å². The molecule has 1 aliphatic rings. The number of hydrogen-bond acceptors (Lipinski definition) is 6. The average molecular weight is 298 g/mol. The Kier molecular flexibility index (Phi) is 3.07. The lowest BCUT2D eigenvalue weighted by atomic mass is 9.90. The number of thiophene rings is 1. The van der Waals surface area contributed by atoms with Gasteiger partial charge in [-0.1, -0.05) is 11.1 Å². The summed E-state index contributed by atoms with van der Waals surface area (Å²) >= 11 is 1.38. The minimum atomic E-state index is 0.245. The molecule has 0 aliphatic heterocycles. The predicted octanol–water partition coefficient (Wildman–Crippen LogP) is 2.29. The molecule has 3 rings (SSSR count). The van der Waals surface area contributed by atoms with E-state index in [2.05, 4.69) is 11.1 Å². The van der Waals surface area contributed by atoms with Crippen LogP contribution in [0, 0.1) is 24.7 Å². The number of fused-ring (bicyclic) bond motifs is 1. The van der Waals surface area contributed by atoms with Crippen LogP contribution < -0.4 is 11.5 Å². The van der Waals surface area contributed by atoms with E-state index >= 15 is 0 Å². The molecular formula is C15H14N4OS. The van der Waals surface area contributed by atoms with Crippen LogP contribution in [0.2, 0.25) is 0 Å². The molecule has 0 saturated heterocycles. The van der Waals surface area contributed by atoms with Gasteiger partial charge in [0, 0.05) is 22.2 Å². The van der Waals surface area contributed by atoms with Gasteiger partial charge >= 0.3 is 0 Å². The molecule has 2 heterocycles. The molecule has 5 N–H and O–H groups in total. The number of nitrogens with zero attached hydrogens (tertiary/aromatic N) is 1. The molecule has 2 aromatic heterocycles. The van der Waals surface area contributed by atoms with Crippen molar-refractivity contribution >= 4 is 27.6 Å². The summed E-state index contributed by atoms with van der Waals surface area (Å²) in [5.41, 5.74) is 15.9. The van der Waals surface area contributed by atoms with Crippen LogP contribution in [0.25, 0.3) is 5.57 Å². The third-order valence-corrected chi connectivity index (χ3v) is 4.58. The molecule has 21 heavy (non-hydrogen) atoms. The van der Waals surface area contributed by atoms with Gasteiger partial charge in [-0.25, -0.2) is 0 Å². The first-order valence-corrected chi connectivity index (χ1v) is 7.24. The summed E-state index contributed by atoms with van der Waals surface area (Å²) in [5, 5.41) is 12.9. The number of allylic oxidation sites excluding steroid dienone is 2. The van der Waals surface area contributed by atoms with Crippen molar-refractivity contribution < 1.29 is 4.52 Å². The number of nitrogens with one attached hydrogen (secondary N) is 1. The van der Waals surface area contributed by atoms with Crippen LogP contribution in [0.4, 0.5) is 5.00 Å². The quantitative estimate of drug-likeness (QED) is 0.584. The minimum Gasteiger partial charge on any atom is -0.401 e. The number of terminal acetylenes is 1. The third-order valence-electron chi connectivity index (χ3n) is 3.51. The lowest BCUT2D eigenvalue weighted by Gasteiger charge is -2.18. The molecule has 0 fully saturated rings. The molecule has 0 unspecified atom stereocenters. The zero-order valence-electron chi connectivity index (χ0n) is 11.5. The van der Waals surface area contributed by atoms with Crippen LogP contribution in [0.1, 0.15) is 33.9 Å². The highest BCUT2D eigenvalue weighted by Crippen LogP contribution is 2.41. The molecule has 2 aromatic rings. The van der Waals surface area contributed by atoms with E-state index in [-0.39, 0.29) is 5.71 Å². The highest BCUT2D eigenvalue weighted by molar-refractivity contribution is 7.17. The largest absolute Gasteiger partial charge is 0.401 e. The van der Waals surface area contributed by atoms with Crippen LogP contribution in [-0.2, 0) is 6.42 Å². The summed E-state index contributed by atoms with van der Waals surface area (Å²) in [4.78, 5) is 0.884. The van der Waals surface area contributed by atoms with Crippen molar-refractivity contribution in [1.82, 2.24) is 5.16 Å². The van der Waals surface area contributed by atoms with E-state index in [1.807, 2.05) is 0 Å². The number of anilines is 1. The standard InChI is InChI=1S/C15H14N4OS/c1-3-8-9-4-5-10(16)12(14(9)21-15(8)18)13(17)11-6-7(2)20-19-11/h1,6,17H,4-5,16,18H2,2H3. The van der Waals surface area contributed by atoms with Crippen LogP contribution >= 0.6 is 11.3 Å². The van der Waals surface area contributed by atoms with Crippen LogP contribution in [0.3, 0.4) is 0 Å². The lowest BCUT2D eigenvalue weighted by molar-refractivity contribution is 0.396. The molecular weight excluding hydrogens is 284 g/mol. The van der Waals surface area contributed by atoms with Gasteiger partial charge in [-0.2, -0.15) is 0 Å². The monoisotopic (exact) mass is 298 g/mol. The molecule has 0 aromatic carbocycles. The first kappa shape index (κ1) is 13.5. The van der Waals surface area contributed by atoms with E-state index in [0.29, 0.717) is 34.1 Å². The SMILES string of the molecule is C#Cc1c(N)sc2c1CCC(N)=C2C(=N)c1cc(C)on1. The van der Waals surface area contributed by atoms with Gasteiger partial charge in [0.1, 0.15) is 16.5 Å². The fourth-order valence-electron chi connectivity index (χ4n) is 2.50. The molecule has 1 aliphatic carbocycles. The number of nitrogen functional groups attached to an aromatic ring is 1. The van der Waals surface area contributed by atoms with Crippen molar-refractivity contribution in [2.24, 2.45) is 5.73 Å². The number of aromatic nitrogens is 1. The van der Waals surface area contributed by atoms with E-state index in [4.69, 9.17) is 27.8 Å². The normalized spacial score (nSPS) is 13.9. The smallest absolute Gasteiger partial charge is 0.134 e. The molecule has 106 valence electrons. The first-order valence-electron chi connectivity index (χ1n) is 6.42. The van der Waals surface area contributed by atoms with Gasteiger partial charge in [-0.3, -0.25) is 5.41 Å². The second-order valence-electron chi connectivity index (χ2n) is 4.89. The third kappa shape index (κ3) is 2.03. The molecule has 0 radical (unpaired) electrons. The van der Waals surface area contributed by atoms with Gasteiger partial charge in [-0.15, -0.1) is 17.8 Å². The number of aryl methyl sites for hydroxylation is 1. The topological polar surface area (TPSA) is 102 Å². The minimum absolute atomic E-state index is 0.245. The summed E-state index contributed by atoms with van der Waals surface area (Å²) in [6, 6.07) is 1.72. The second kappa shape index (κ2) is 4.79. The zero-order valence-corrected chi connectivity index (χ0v) is 12.3. The summed E-state index contributed by atoms with van der Waals surface area (Å²) in [7, 11) is 0. The van der Waals surface area contributed by atoms with E-state index in [0.717, 1.165) is 22.4 Å². The predicted molar refractivity (Wildman–Crippen MR) is 84.2 cm³/mol. The molecule has 0 amide bonds. The van der Waals surface area contributed by atoms with E-state index in [1.54, 1.807) is 13.0 Å². The fourth-order valence-corrected chi connectivity index (χ4v) is 3.67. The number of rotatable bonds is 2. The Labute approximate surface area is 126 Å². The van der Waals surface area contributed by atoms with Crippen molar-refractivity contribution in [2.45, 2.75) is 19.8 Å². The average Bonchev–Trinajstić information content (AvgIpc) is 3.00. The Hall–Kier alpha value is -2.52. The van der Waals surface area contributed by atoms with Crippen LogP contribution in [-0.4, -0.2) is 10.9 Å². The first-order chi connectivity index (χ1) is 10.0. The zero-order chi connectivity index (χ0) is 15.1. The summed E-state index contributed by atoms with van der Waals surface area (Å²) < 4.78 is 5.04. The summed E-state index contributed by atoms with van der Waals surface area (Å²) in [6.07, 6.45) is 6.95. The van der Waals surface area contributed by atoms with Crippen molar-refractivity contribution in [1.29, 1.82) is 5.41 Å². The van der Waals surface area contributed by atoms with E-state index in [9.17, 15) is 0 Å². The lowest BCUT2D eigenvalue weighted by Crippen LogP contribution is -2.16. The maximum Gasteiger partial charge on any atom is 0.134 e. The second-order valence-corrected chi connectivity index (χ2v) is 5.94. The number of nitrogens with two attached hydrogens (primary N) is 2. The Bertz CT molecular complexity index is 819. The van der Waals surface area contributed by atoms with Gasteiger partial charge in [0.2, 0.25) is 0 Å². The highest BCUT2D eigenvalue weighted by Gasteiger charge is 2.28. The fraction of sp³-hybridized carbons (Fsp3) is 0.200. The molecule has 0 atom stereocenters. The Morgan fingerprint density at radius 3 is 2.86 bits per heavy atom. The Morgan fingerprint density at radius 2 is 2.24 bits per heavy atom. The molecule has 6 heteroatoms. The molecule has 5 nitrogen and oxygen atoms in total. The van der Waals surface area contributed by atoms with E-state index in [1.165, 1.54) is 11.3 Å². The Morgan fingerprint density at radius 1 is 1.48 bits per heavy atom. The molecule has 0 spiro atoms. The highest BCUT2D eigenvalue weighted by atomic mass is 32.1.